The predicted molar refractivity (Wildman–Crippen MR) is 102 cm³/mol. The van der Waals surface area contributed by atoms with E-state index in [4.69, 9.17) is 4.74 Å². The molecule has 128 valence electrons. The van der Waals surface area contributed by atoms with E-state index >= 15 is 0 Å². The Balaban J connectivity index is 0.00000441. The fraction of sp³-hybridized carbons (Fsp3) is 0.733. The minimum absolute atomic E-state index is 0. The average Bonchev–Trinajstić information content (AvgIpc) is 2.74. The van der Waals surface area contributed by atoms with Gasteiger partial charge in [0.25, 0.3) is 0 Å². The number of aliphatic imine (C=N–C) groups is 1. The van der Waals surface area contributed by atoms with Gasteiger partial charge < -0.3 is 15.4 Å². The molecule has 1 atom stereocenters. The summed E-state index contributed by atoms with van der Waals surface area (Å²) in [4.78, 5) is 4.62. The lowest BCUT2D eigenvalue weighted by Gasteiger charge is -2.14. The maximum atomic E-state index is 5.03. The third-order valence-corrected chi connectivity index (χ3v) is 3.09. The van der Waals surface area contributed by atoms with Crippen LogP contribution in [0.25, 0.3) is 0 Å². The first-order chi connectivity index (χ1) is 10.1. The molecule has 0 bridgehead atoms. The normalized spacial score (nSPS) is 12.7. The second kappa shape index (κ2) is 11.7. The fourth-order valence-electron chi connectivity index (χ4n) is 2.07. The van der Waals surface area contributed by atoms with E-state index < -0.39 is 0 Å². The number of ether oxygens (including phenoxy) is 1. The Hall–Kier alpha value is -0.830. The van der Waals surface area contributed by atoms with Gasteiger partial charge in [0.1, 0.15) is 0 Å². The number of aromatic nitrogens is 2. The lowest BCUT2D eigenvalue weighted by atomic mass is 10.2. The van der Waals surface area contributed by atoms with Crippen LogP contribution in [0.4, 0.5) is 0 Å². The van der Waals surface area contributed by atoms with Crippen molar-refractivity contribution in [3.8, 4) is 0 Å². The van der Waals surface area contributed by atoms with Crippen molar-refractivity contribution in [2.24, 2.45) is 10.9 Å². The Labute approximate surface area is 151 Å². The highest BCUT2D eigenvalue weighted by molar-refractivity contribution is 14.0. The van der Waals surface area contributed by atoms with E-state index in [0.717, 1.165) is 37.8 Å². The molecule has 1 aromatic rings. The highest BCUT2D eigenvalue weighted by Crippen LogP contribution is 2.06. The number of halogens is 1. The molecule has 1 rings (SSSR count). The van der Waals surface area contributed by atoms with Crippen molar-refractivity contribution in [1.29, 1.82) is 0 Å². The number of nitrogens with zero attached hydrogens (tertiary/aromatic N) is 3. The highest BCUT2D eigenvalue weighted by atomic mass is 127. The van der Waals surface area contributed by atoms with Gasteiger partial charge in [0.2, 0.25) is 0 Å². The number of aryl methyl sites for hydroxylation is 2. The number of guanidine groups is 1. The largest absolute Gasteiger partial charge is 0.383 e. The Morgan fingerprint density at radius 2 is 2.14 bits per heavy atom. The summed E-state index contributed by atoms with van der Waals surface area (Å²) in [5.74, 6) is 1.27. The molecule has 1 unspecified atom stereocenters. The molecule has 2 N–H and O–H groups in total. The van der Waals surface area contributed by atoms with Crippen molar-refractivity contribution >= 4 is 29.9 Å². The van der Waals surface area contributed by atoms with Gasteiger partial charge in [-0.2, -0.15) is 5.10 Å². The van der Waals surface area contributed by atoms with Crippen LogP contribution in [-0.2, 0) is 11.3 Å². The second-order valence-electron chi connectivity index (χ2n) is 5.35. The summed E-state index contributed by atoms with van der Waals surface area (Å²) in [6, 6.07) is 2.10. The van der Waals surface area contributed by atoms with Gasteiger partial charge in [-0.25, -0.2) is 0 Å². The number of nitrogens with one attached hydrogen (secondary N) is 2. The summed E-state index contributed by atoms with van der Waals surface area (Å²) >= 11 is 0. The van der Waals surface area contributed by atoms with Crippen molar-refractivity contribution < 1.29 is 4.74 Å². The molecule has 6 nitrogen and oxygen atoms in total. The van der Waals surface area contributed by atoms with Gasteiger partial charge in [-0.05, 0) is 32.8 Å². The molecule has 0 aliphatic carbocycles. The molecular weight excluding hydrogens is 393 g/mol. The standard InChI is InChI=1S/C15H29N5O.HI/c1-6-16-15(17-7-8-21-5)18-10-12(2)11-20-14(4)9-13(3)19-20;/h9,12H,6-8,10-11H2,1-5H3,(H2,16,17,18);1H. The average molecular weight is 423 g/mol. The summed E-state index contributed by atoms with van der Waals surface area (Å²) in [6.45, 7) is 12.3. The van der Waals surface area contributed by atoms with Crippen LogP contribution < -0.4 is 10.6 Å². The van der Waals surface area contributed by atoms with Gasteiger partial charge in [-0.1, -0.05) is 6.92 Å². The highest BCUT2D eigenvalue weighted by Gasteiger charge is 2.07. The molecule has 0 amide bonds. The van der Waals surface area contributed by atoms with E-state index in [1.807, 2.05) is 6.92 Å². The van der Waals surface area contributed by atoms with Gasteiger partial charge in [0.05, 0.1) is 12.3 Å². The van der Waals surface area contributed by atoms with Gasteiger partial charge in [-0.3, -0.25) is 9.67 Å². The van der Waals surface area contributed by atoms with Gasteiger partial charge in [0, 0.05) is 39.0 Å². The van der Waals surface area contributed by atoms with Crippen molar-refractivity contribution in [3.05, 3.63) is 17.5 Å². The zero-order chi connectivity index (χ0) is 15.7. The lowest BCUT2D eigenvalue weighted by molar-refractivity contribution is 0.203. The molecular formula is C15H30IN5O. The summed E-state index contributed by atoms with van der Waals surface area (Å²) < 4.78 is 7.09. The summed E-state index contributed by atoms with van der Waals surface area (Å²) in [5.41, 5.74) is 2.27. The quantitative estimate of drug-likeness (QED) is 0.291. The fourth-order valence-corrected chi connectivity index (χ4v) is 2.07. The van der Waals surface area contributed by atoms with E-state index in [1.165, 1.54) is 5.69 Å². The molecule has 0 spiro atoms. The van der Waals surface area contributed by atoms with Crippen LogP contribution in [0.2, 0.25) is 0 Å². The van der Waals surface area contributed by atoms with Crippen LogP contribution in [0, 0.1) is 19.8 Å². The Morgan fingerprint density at radius 1 is 1.41 bits per heavy atom. The van der Waals surface area contributed by atoms with Crippen LogP contribution in [-0.4, -0.2) is 49.1 Å². The van der Waals surface area contributed by atoms with E-state index in [9.17, 15) is 0 Å². The maximum absolute atomic E-state index is 5.03. The zero-order valence-electron chi connectivity index (χ0n) is 14.3. The molecule has 0 radical (unpaired) electrons. The monoisotopic (exact) mass is 423 g/mol. The number of rotatable bonds is 8. The summed E-state index contributed by atoms with van der Waals surface area (Å²) in [7, 11) is 1.70. The molecule has 22 heavy (non-hydrogen) atoms. The van der Waals surface area contributed by atoms with E-state index in [1.54, 1.807) is 7.11 Å². The molecule has 0 saturated carbocycles. The van der Waals surface area contributed by atoms with E-state index in [-0.39, 0.29) is 24.0 Å². The number of methoxy groups -OCH3 is 1. The molecule has 0 aromatic carbocycles. The molecule has 0 saturated heterocycles. The first-order valence-electron chi connectivity index (χ1n) is 7.59. The Bertz CT molecular complexity index is 447. The van der Waals surface area contributed by atoms with Gasteiger partial charge in [-0.15, -0.1) is 24.0 Å². The number of hydrogen-bond donors (Lipinski definition) is 2. The van der Waals surface area contributed by atoms with Crippen LogP contribution in [0.3, 0.4) is 0 Å². The minimum atomic E-state index is 0. The SMILES string of the molecule is CCNC(=NCC(C)Cn1nc(C)cc1C)NCCOC.I. The van der Waals surface area contributed by atoms with Crippen molar-refractivity contribution in [2.45, 2.75) is 34.2 Å². The molecule has 1 aromatic heterocycles. The van der Waals surface area contributed by atoms with Crippen LogP contribution in [0.15, 0.2) is 11.1 Å². The third kappa shape index (κ3) is 7.98. The molecule has 7 heteroatoms. The smallest absolute Gasteiger partial charge is 0.191 e. The Kier molecular flexibility index (Phi) is 11.3. The first kappa shape index (κ1) is 21.2. The molecule has 0 aliphatic rings. The van der Waals surface area contributed by atoms with Crippen LogP contribution in [0.5, 0.6) is 0 Å². The van der Waals surface area contributed by atoms with Crippen molar-refractivity contribution in [3.63, 3.8) is 0 Å². The third-order valence-electron chi connectivity index (χ3n) is 3.09. The summed E-state index contributed by atoms with van der Waals surface area (Å²) in [6.07, 6.45) is 0. The zero-order valence-corrected chi connectivity index (χ0v) is 16.7. The van der Waals surface area contributed by atoms with E-state index in [0.29, 0.717) is 12.5 Å². The van der Waals surface area contributed by atoms with Crippen molar-refractivity contribution in [1.82, 2.24) is 20.4 Å². The summed E-state index contributed by atoms with van der Waals surface area (Å²) in [5, 5.41) is 11.0. The van der Waals surface area contributed by atoms with Gasteiger partial charge in [0.15, 0.2) is 5.96 Å². The topological polar surface area (TPSA) is 63.5 Å². The first-order valence-corrected chi connectivity index (χ1v) is 7.59. The maximum Gasteiger partial charge on any atom is 0.191 e. The predicted octanol–water partition coefficient (Wildman–Crippen LogP) is 1.96. The molecule has 0 aliphatic heterocycles. The van der Waals surface area contributed by atoms with Crippen LogP contribution >= 0.6 is 24.0 Å². The number of hydrogen-bond acceptors (Lipinski definition) is 3. The van der Waals surface area contributed by atoms with E-state index in [2.05, 4.69) is 52.2 Å². The van der Waals surface area contributed by atoms with Gasteiger partial charge >= 0.3 is 0 Å². The lowest BCUT2D eigenvalue weighted by Crippen LogP contribution is -2.39. The molecule has 0 fully saturated rings. The second-order valence-corrected chi connectivity index (χ2v) is 5.35. The van der Waals surface area contributed by atoms with Crippen LogP contribution in [0.1, 0.15) is 25.2 Å². The molecule has 1 heterocycles. The minimum Gasteiger partial charge on any atom is -0.383 e. The Morgan fingerprint density at radius 3 is 2.68 bits per heavy atom. The van der Waals surface area contributed by atoms with Crippen molar-refractivity contribution in [2.75, 3.05) is 33.4 Å².